The highest BCUT2D eigenvalue weighted by atomic mass is 35.5. The standard InChI is InChI=1S/C17H17ClN4O3S/c1-10-5-4-6-12(7-10)17-19-16(21-25-17)15-14(18)11(2)20-22(15)8-13(23)24-9-26-3/h4-7H,8-9H2,1-3H3. The predicted octanol–water partition coefficient (Wildman–Crippen LogP) is 3.73. The summed E-state index contributed by atoms with van der Waals surface area (Å²) in [6, 6.07) is 7.73. The van der Waals surface area contributed by atoms with E-state index in [0.29, 0.717) is 22.3 Å². The molecule has 3 rings (SSSR count). The van der Waals surface area contributed by atoms with E-state index in [1.54, 1.807) is 6.92 Å². The van der Waals surface area contributed by atoms with E-state index in [4.69, 9.17) is 20.9 Å². The smallest absolute Gasteiger partial charge is 0.328 e. The van der Waals surface area contributed by atoms with E-state index in [9.17, 15) is 4.79 Å². The minimum atomic E-state index is -0.415. The molecule has 0 saturated carbocycles. The Labute approximate surface area is 159 Å². The normalized spacial score (nSPS) is 10.9. The second kappa shape index (κ2) is 7.92. The van der Waals surface area contributed by atoms with Crippen molar-refractivity contribution >= 4 is 29.3 Å². The monoisotopic (exact) mass is 392 g/mol. The number of esters is 1. The van der Waals surface area contributed by atoms with Gasteiger partial charge in [0.1, 0.15) is 18.2 Å². The van der Waals surface area contributed by atoms with Crippen molar-refractivity contribution in [1.82, 2.24) is 19.9 Å². The number of rotatable bonds is 6. The molecule has 0 saturated heterocycles. The highest BCUT2D eigenvalue weighted by Crippen LogP contribution is 2.30. The third-order valence-electron chi connectivity index (χ3n) is 3.57. The number of benzene rings is 1. The van der Waals surface area contributed by atoms with Crippen LogP contribution in [-0.2, 0) is 16.1 Å². The Morgan fingerprint density at radius 3 is 2.92 bits per heavy atom. The van der Waals surface area contributed by atoms with Crippen LogP contribution in [0.3, 0.4) is 0 Å². The number of carbonyl (C=O) groups excluding carboxylic acids is 1. The Hall–Kier alpha value is -2.32. The maximum Gasteiger partial charge on any atom is 0.328 e. The molecule has 9 heteroatoms. The van der Waals surface area contributed by atoms with Gasteiger partial charge < -0.3 is 9.26 Å². The minimum absolute atomic E-state index is 0.0855. The van der Waals surface area contributed by atoms with Crippen LogP contribution in [-0.4, -0.2) is 38.1 Å². The van der Waals surface area contributed by atoms with E-state index >= 15 is 0 Å². The number of nitrogens with zero attached hydrogens (tertiary/aromatic N) is 4. The number of hydrogen-bond donors (Lipinski definition) is 0. The molecule has 0 bridgehead atoms. The number of carbonyl (C=O) groups is 1. The Kier molecular flexibility index (Phi) is 5.63. The van der Waals surface area contributed by atoms with Gasteiger partial charge >= 0.3 is 5.97 Å². The molecular weight excluding hydrogens is 376 g/mol. The molecule has 7 nitrogen and oxygen atoms in total. The van der Waals surface area contributed by atoms with Gasteiger partial charge in [-0.05, 0) is 32.2 Å². The number of ether oxygens (including phenoxy) is 1. The lowest BCUT2D eigenvalue weighted by Crippen LogP contribution is -2.15. The minimum Gasteiger partial charge on any atom is -0.453 e. The molecule has 136 valence electrons. The highest BCUT2D eigenvalue weighted by Gasteiger charge is 2.22. The number of halogens is 1. The van der Waals surface area contributed by atoms with Gasteiger partial charge in [0.05, 0.1) is 10.7 Å². The average molecular weight is 393 g/mol. The van der Waals surface area contributed by atoms with Crippen LogP contribution < -0.4 is 0 Å². The summed E-state index contributed by atoms with van der Waals surface area (Å²) in [5.74, 6) is 0.504. The second-order valence-corrected chi connectivity index (χ2v) is 6.81. The van der Waals surface area contributed by atoms with Gasteiger partial charge in [-0.15, -0.1) is 11.8 Å². The van der Waals surface area contributed by atoms with Gasteiger partial charge in [0.25, 0.3) is 5.89 Å². The summed E-state index contributed by atoms with van der Waals surface area (Å²) in [6.45, 7) is 3.64. The average Bonchev–Trinajstić information content (AvgIpc) is 3.18. The quantitative estimate of drug-likeness (QED) is 0.466. The molecule has 1 aromatic carbocycles. The summed E-state index contributed by atoms with van der Waals surface area (Å²) in [5, 5.41) is 8.67. The van der Waals surface area contributed by atoms with E-state index in [1.165, 1.54) is 16.4 Å². The van der Waals surface area contributed by atoms with Crippen molar-refractivity contribution in [2.45, 2.75) is 20.4 Å². The fourth-order valence-electron chi connectivity index (χ4n) is 2.40. The molecule has 0 fully saturated rings. The van der Waals surface area contributed by atoms with Crippen LogP contribution in [0.25, 0.3) is 23.0 Å². The first-order valence-corrected chi connectivity index (χ1v) is 9.55. The van der Waals surface area contributed by atoms with Crippen LogP contribution in [0.15, 0.2) is 28.8 Å². The Bertz CT molecular complexity index is 938. The summed E-state index contributed by atoms with van der Waals surface area (Å²) in [5.41, 5.74) is 2.88. The summed E-state index contributed by atoms with van der Waals surface area (Å²) < 4.78 is 11.9. The molecule has 26 heavy (non-hydrogen) atoms. The molecule has 0 spiro atoms. The third kappa shape index (κ3) is 3.91. The molecule has 3 aromatic rings. The van der Waals surface area contributed by atoms with E-state index in [1.807, 2.05) is 37.4 Å². The molecule has 0 radical (unpaired) electrons. The van der Waals surface area contributed by atoms with Crippen LogP contribution in [0.2, 0.25) is 5.02 Å². The van der Waals surface area contributed by atoms with Crippen molar-refractivity contribution in [3.8, 4) is 23.0 Å². The van der Waals surface area contributed by atoms with Gasteiger partial charge in [0, 0.05) is 5.56 Å². The maximum absolute atomic E-state index is 11.9. The van der Waals surface area contributed by atoms with Crippen molar-refractivity contribution in [2.75, 3.05) is 12.2 Å². The van der Waals surface area contributed by atoms with E-state index in [2.05, 4.69) is 15.2 Å². The van der Waals surface area contributed by atoms with E-state index < -0.39 is 5.97 Å². The van der Waals surface area contributed by atoms with Gasteiger partial charge in [-0.1, -0.05) is 34.5 Å². The first kappa shape index (κ1) is 18.5. The number of aromatic nitrogens is 4. The van der Waals surface area contributed by atoms with Gasteiger partial charge in [-0.2, -0.15) is 10.1 Å². The number of hydrogen-bond acceptors (Lipinski definition) is 7. The molecule has 0 unspecified atom stereocenters. The zero-order chi connectivity index (χ0) is 18.7. The molecule has 0 atom stereocenters. The lowest BCUT2D eigenvalue weighted by Gasteiger charge is -2.05. The van der Waals surface area contributed by atoms with Crippen LogP contribution in [0.5, 0.6) is 0 Å². The summed E-state index contributed by atoms with van der Waals surface area (Å²) in [7, 11) is 0. The van der Waals surface area contributed by atoms with E-state index in [-0.39, 0.29) is 18.3 Å². The summed E-state index contributed by atoms with van der Waals surface area (Å²) >= 11 is 7.77. The third-order valence-corrected chi connectivity index (χ3v) is 4.38. The van der Waals surface area contributed by atoms with Crippen LogP contribution >= 0.6 is 23.4 Å². The molecule has 0 aliphatic rings. The molecule has 2 heterocycles. The fraction of sp³-hybridized carbons (Fsp3) is 0.294. The first-order chi connectivity index (χ1) is 12.5. The Morgan fingerprint density at radius 2 is 2.19 bits per heavy atom. The molecular formula is C17H17ClN4O3S. The lowest BCUT2D eigenvalue weighted by molar-refractivity contribution is -0.142. The number of aryl methyl sites for hydroxylation is 2. The van der Waals surface area contributed by atoms with Crippen molar-refractivity contribution in [3.05, 3.63) is 40.5 Å². The van der Waals surface area contributed by atoms with Crippen LogP contribution in [0, 0.1) is 13.8 Å². The molecule has 0 aliphatic heterocycles. The van der Waals surface area contributed by atoms with Crippen molar-refractivity contribution < 1.29 is 14.1 Å². The van der Waals surface area contributed by atoms with Crippen molar-refractivity contribution in [1.29, 1.82) is 0 Å². The zero-order valence-electron chi connectivity index (χ0n) is 14.5. The first-order valence-electron chi connectivity index (χ1n) is 7.78. The maximum atomic E-state index is 11.9. The largest absolute Gasteiger partial charge is 0.453 e. The second-order valence-electron chi connectivity index (χ2n) is 5.62. The Balaban J connectivity index is 1.93. The fourth-order valence-corrected chi connectivity index (χ4v) is 2.86. The Morgan fingerprint density at radius 1 is 1.38 bits per heavy atom. The SMILES string of the molecule is CSCOC(=O)Cn1nc(C)c(Cl)c1-c1noc(-c2cccc(C)c2)n1. The van der Waals surface area contributed by atoms with Crippen molar-refractivity contribution in [3.63, 3.8) is 0 Å². The van der Waals surface area contributed by atoms with Crippen LogP contribution in [0.1, 0.15) is 11.3 Å². The van der Waals surface area contributed by atoms with Crippen LogP contribution in [0.4, 0.5) is 0 Å². The molecule has 2 aromatic heterocycles. The van der Waals surface area contributed by atoms with Crippen molar-refractivity contribution in [2.24, 2.45) is 0 Å². The van der Waals surface area contributed by atoms with E-state index in [0.717, 1.165) is 11.1 Å². The van der Waals surface area contributed by atoms with Gasteiger partial charge in [-0.3, -0.25) is 4.79 Å². The lowest BCUT2D eigenvalue weighted by atomic mass is 10.1. The molecule has 0 aliphatic carbocycles. The van der Waals surface area contributed by atoms with Gasteiger partial charge in [0.2, 0.25) is 5.82 Å². The predicted molar refractivity (Wildman–Crippen MR) is 99.9 cm³/mol. The van der Waals surface area contributed by atoms with Gasteiger partial charge in [0.15, 0.2) is 0 Å². The molecule has 0 N–H and O–H groups in total. The highest BCUT2D eigenvalue weighted by molar-refractivity contribution is 7.98. The number of thioether (sulfide) groups is 1. The topological polar surface area (TPSA) is 83.0 Å². The summed E-state index contributed by atoms with van der Waals surface area (Å²) in [6.07, 6.45) is 1.85. The van der Waals surface area contributed by atoms with Gasteiger partial charge in [-0.25, -0.2) is 4.68 Å². The summed E-state index contributed by atoms with van der Waals surface area (Å²) in [4.78, 5) is 16.4. The molecule has 0 amide bonds. The zero-order valence-corrected chi connectivity index (χ0v) is 16.1.